The molecule has 0 fully saturated rings. The van der Waals surface area contributed by atoms with Crippen molar-refractivity contribution in [3.05, 3.63) is 95.8 Å². The van der Waals surface area contributed by atoms with Crippen LogP contribution in [0.25, 0.3) is 11.0 Å². The van der Waals surface area contributed by atoms with Crippen molar-refractivity contribution in [3.63, 3.8) is 0 Å². The lowest BCUT2D eigenvalue weighted by Gasteiger charge is -2.14. The van der Waals surface area contributed by atoms with Gasteiger partial charge in [-0.25, -0.2) is 4.98 Å². The van der Waals surface area contributed by atoms with Crippen molar-refractivity contribution in [1.82, 2.24) is 9.55 Å². The molecule has 0 atom stereocenters. The van der Waals surface area contributed by atoms with Crippen molar-refractivity contribution >= 4 is 11.0 Å². The van der Waals surface area contributed by atoms with Crippen LogP contribution in [0.4, 0.5) is 0 Å². The van der Waals surface area contributed by atoms with Crippen molar-refractivity contribution in [2.24, 2.45) is 0 Å². The molecule has 3 aromatic carbocycles. The Morgan fingerprint density at radius 3 is 2.50 bits per heavy atom. The Morgan fingerprint density at radius 1 is 0.941 bits per heavy atom. The number of imidazole rings is 1. The van der Waals surface area contributed by atoms with Gasteiger partial charge >= 0.3 is 0 Å². The first-order chi connectivity index (χ1) is 16.6. The van der Waals surface area contributed by atoms with Gasteiger partial charge in [0.1, 0.15) is 18.2 Å². The molecule has 1 heterocycles. The number of nitrogens with zero attached hydrogens (tertiary/aromatic N) is 2. The number of ether oxygens (including phenoxy) is 3. The molecule has 0 unspecified atom stereocenters. The zero-order valence-corrected chi connectivity index (χ0v) is 20.2. The second-order valence-electron chi connectivity index (χ2n) is 8.46. The summed E-state index contributed by atoms with van der Waals surface area (Å²) in [6.45, 7) is 9.76. The molecule has 0 N–H and O–H groups in total. The van der Waals surface area contributed by atoms with Crippen molar-refractivity contribution in [3.8, 4) is 17.2 Å². The lowest BCUT2D eigenvalue weighted by atomic mass is 10.1. The molecule has 0 amide bonds. The van der Waals surface area contributed by atoms with E-state index >= 15 is 0 Å². The number of methoxy groups -OCH3 is 1. The van der Waals surface area contributed by atoms with Gasteiger partial charge in [-0.3, -0.25) is 0 Å². The van der Waals surface area contributed by atoms with Crippen LogP contribution in [0.2, 0.25) is 0 Å². The Kier molecular flexibility index (Phi) is 7.53. The van der Waals surface area contributed by atoms with Gasteiger partial charge in [0.15, 0.2) is 11.5 Å². The molecule has 176 valence electrons. The molecule has 1 aromatic heterocycles. The fourth-order valence-electron chi connectivity index (χ4n) is 4.18. The van der Waals surface area contributed by atoms with Gasteiger partial charge in [0.05, 0.1) is 24.8 Å². The average Bonchev–Trinajstić information content (AvgIpc) is 3.18. The Hall–Kier alpha value is -3.73. The highest BCUT2D eigenvalue weighted by atomic mass is 16.5. The smallest absolute Gasteiger partial charge is 0.161 e. The van der Waals surface area contributed by atoms with Crippen LogP contribution in [-0.2, 0) is 19.6 Å². The quantitative estimate of drug-likeness (QED) is 0.192. The zero-order chi connectivity index (χ0) is 23.9. The molecule has 0 spiro atoms. The van der Waals surface area contributed by atoms with Crippen LogP contribution >= 0.6 is 0 Å². The fraction of sp³-hybridized carbons (Fsp3) is 0.276. The van der Waals surface area contributed by atoms with E-state index in [1.54, 1.807) is 7.11 Å². The SMILES string of the molecule is C=CCc1ccc(OCc2nc3ccccc3n2CCCOc2cc(C)cc(C)c2)c(OC)c1. The van der Waals surface area contributed by atoms with E-state index < -0.39 is 0 Å². The van der Waals surface area contributed by atoms with Crippen LogP contribution in [0.3, 0.4) is 0 Å². The van der Waals surface area contributed by atoms with Gasteiger partial charge in [0.25, 0.3) is 0 Å². The first kappa shape index (κ1) is 23.4. The van der Waals surface area contributed by atoms with Crippen LogP contribution in [0.5, 0.6) is 17.2 Å². The monoisotopic (exact) mass is 456 g/mol. The first-order valence-electron chi connectivity index (χ1n) is 11.6. The first-order valence-corrected chi connectivity index (χ1v) is 11.6. The van der Waals surface area contributed by atoms with E-state index in [0.29, 0.717) is 24.7 Å². The minimum absolute atomic E-state index is 0.351. The average molecular weight is 457 g/mol. The number of aromatic nitrogens is 2. The largest absolute Gasteiger partial charge is 0.494 e. The number of allylic oxidation sites excluding steroid dienone is 1. The van der Waals surface area contributed by atoms with E-state index in [0.717, 1.165) is 47.6 Å². The second kappa shape index (κ2) is 10.9. The number of fused-ring (bicyclic) bond motifs is 1. The highest BCUT2D eigenvalue weighted by Gasteiger charge is 2.13. The minimum Gasteiger partial charge on any atom is -0.494 e. The summed E-state index contributed by atoms with van der Waals surface area (Å²) in [5.41, 5.74) is 5.62. The minimum atomic E-state index is 0.351. The third kappa shape index (κ3) is 5.60. The summed E-state index contributed by atoms with van der Waals surface area (Å²) in [6, 6.07) is 20.5. The van der Waals surface area contributed by atoms with Crippen molar-refractivity contribution in [2.75, 3.05) is 13.7 Å². The highest BCUT2D eigenvalue weighted by Crippen LogP contribution is 2.29. The van der Waals surface area contributed by atoms with Gasteiger partial charge in [-0.15, -0.1) is 6.58 Å². The van der Waals surface area contributed by atoms with E-state index in [1.165, 1.54) is 11.1 Å². The van der Waals surface area contributed by atoms with Crippen molar-refractivity contribution < 1.29 is 14.2 Å². The second-order valence-corrected chi connectivity index (χ2v) is 8.46. The van der Waals surface area contributed by atoms with Crippen LogP contribution in [-0.4, -0.2) is 23.3 Å². The molecule has 0 saturated heterocycles. The van der Waals surface area contributed by atoms with Crippen molar-refractivity contribution in [2.45, 2.75) is 39.8 Å². The maximum atomic E-state index is 6.15. The Bertz CT molecular complexity index is 1260. The van der Waals surface area contributed by atoms with E-state index in [2.05, 4.69) is 49.3 Å². The van der Waals surface area contributed by atoms with E-state index in [-0.39, 0.29) is 0 Å². The van der Waals surface area contributed by atoms with Gasteiger partial charge in [-0.1, -0.05) is 30.3 Å². The van der Waals surface area contributed by atoms with Crippen molar-refractivity contribution in [1.29, 1.82) is 0 Å². The van der Waals surface area contributed by atoms with Gasteiger partial charge in [-0.05, 0) is 79.8 Å². The number of para-hydroxylation sites is 2. The topological polar surface area (TPSA) is 45.5 Å². The standard InChI is InChI=1S/C29H32N2O3/c1-5-9-23-12-13-27(28(19-23)32-4)34-20-29-30-25-10-6-7-11-26(25)31(29)14-8-15-33-24-17-21(2)16-22(3)18-24/h5-7,10-13,16-19H,1,8-9,14-15,20H2,2-4H3. The molecular formula is C29H32N2O3. The van der Waals surface area contributed by atoms with E-state index in [4.69, 9.17) is 19.2 Å². The summed E-state index contributed by atoms with van der Waals surface area (Å²) >= 11 is 0. The summed E-state index contributed by atoms with van der Waals surface area (Å²) in [5.74, 6) is 3.21. The van der Waals surface area contributed by atoms with Gasteiger partial charge in [0.2, 0.25) is 0 Å². The molecule has 0 aliphatic rings. The van der Waals surface area contributed by atoms with Crippen LogP contribution in [0.15, 0.2) is 73.3 Å². The van der Waals surface area contributed by atoms with E-state index in [9.17, 15) is 0 Å². The third-order valence-electron chi connectivity index (χ3n) is 5.69. The molecule has 34 heavy (non-hydrogen) atoms. The number of rotatable bonds is 11. The Balaban J connectivity index is 1.46. The molecule has 5 heteroatoms. The zero-order valence-electron chi connectivity index (χ0n) is 20.2. The molecule has 0 saturated carbocycles. The normalized spacial score (nSPS) is 10.9. The van der Waals surface area contributed by atoms with Crippen LogP contribution < -0.4 is 14.2 Å². The number of aryl methyl sites for hydroxylation is 3. The molecular weight excluding hydrogens is 424 g/mol. The summed E-state index contributed by atoms with van der Waals surface area (Å²) in [6.07, 6.45) is 3.53. The fourth-order valence-corrected chi connectivity index (χ4v) is 4.18. The predicted molar refractivity (Wildman–Crippen MR) is 137 cm³/mol. The van der Waals surface area contributed by atoms with E-state index in [1.807, 2.05) is 42.5 Å². The predicted octanol–water partition coefficient (Wildman–Crippen LogP) is 6.44. The van der Waals surface area contributed by atoms with Gasteiger partial charge in [0, 0.05) is 6.54 Å². The molecule has 0 radical (unpaired) electrons. The Morgan fingerprint density at radius 2 is 1.74 bits per heavy atom. The molecule has 0 aliphatic carbocycles. The molecule has 0 bridgehead atoms. The highest BCUT2D eigenvalue weighted by molar-refractivity contribution is 5.75. The number of hydrogen-bond donors (Lipinski definition) is 0. The third-order valence-corrected chi connectivity index (χ3v) is 5.69. The summed E-state index contributed by atoms with van der Waals surface area (Å²) < 4.78 is 19.9. The summed E-state index contributed by atoms with van der Waals surface area (Å²) in [7, 11) is 1.66. The molecule has 4 aromatic rings. The summed E-state index contributed by atoms with van der Waals surface area (Å²) in [4.78, 5) is 4.83. The number of benzene rings is 3. The van der Waals surface area contributed by atoms with Crippen LogP contribution in [0.1, 0.15) is 28.9 Å². The maximum Gasteiger partial charge on any atom is 0.161 e. The Labute approximate surface area is 201 Å². The summed E-state index contributed by atoms with van der Waals surface area (Å²) in [5, 5.41) is 0. The molecule has 5 nitrogen and oxygen atoms in total. The lowest BCUT2D eigenvalue weighted by Crippen LogP contribution is -2.10. The maximum absolute atomic E-state index is 6.15. The number of hydrogen-bond acceptors (Lipinski definition) is 4. The molecule has 0 aliphatic heterocycles. The lowest BCUT2D eigenvalue weighted by molar-refractivity contribution is 0.267. The van der Waals surface area contributed by atoms with Crippen LogP contribution in [0, 0.1) is 13.8 Å². The van der Waals surface area contributed by atoms with Gasteiger partial charge in [-0.2, -0.15) is 0 Å². The molecule has 4 rings (SSSR count). The van der Waals surface area contributed by atoms with Gasteiger partial charge < -0.3 is 18.8 Å².